The lowest BCUT2D eigenvalue weighted by molar-refractivity contribution is 0.00675. The zero-order valence-corrected chi connectivity index (χ0v) is 14.7. The van der Waals surface area contributed by atoms with E-state index in [0.29, 0.717) is 5.56 Å². The SMILES string of the molecule is Cc1c(S)c(C)c(C(=O)OC(C)(C)C)c(C)c1I. The minimum atomic E-state index is -0.483. The zero-order chi connectivity index (χ0) is 14.2. The predicted octanol–water partition coefficient (Wildman–Crippen LogP) is 4.46. The second-order valence-corrected chi connectivity index (χ2v) is 6.94. The molecule has 0 radical (unpaired) electrons. The standard InChI is InChI=1S/C14H19IO2S/c1-7-10(13(16)17-14(4,5)6)8(2)12(18)9(3)11(7)15/h18H,1-6H3. The molecule has 0 spiro atoms. The van der Waals surface area contributed by atoms with E-state index in [2.05, 4.69) is 35.2 Å². The molecule has 4 heteroatoms. The van der Waals surface area contributed by atoms with Crippen molar-refractivity contribution in [1.82, 2.24) is 0 Å². The summed E-state index contributed by atoms with van der Waals surface area (Å²) in [5, 5.41) is 0. The Labute approximate surface area is 128 Å². The first-order valence-electron chi connectivity index (χ1n) is 5.77. The predicted molar refractivity (Wildman–Crippen MR) is 85.8 cm³/mol. The molecular weight excluding hydrogens is 359 g/mol. The third-order valence-corrected chi connectivity index (χ3v) is 5.01. The van der Waals surface area contributed by atoms with E-state index in [-0.39, 0.29) is 5.97 Å². The van der Waals surface area contributed by atoms with Crippen LogP contribution in [0.25, 0.3) is 0 Å². The van der Waals surface area contributed by atoms with Gasteiger partial charge in [0.15, 0.2) is 0 Å². The summed E-state index contributed by atoms with van der Waals surface area (Å²) < 4.78 is 6.53. The highest BCUT2D eigenvalue weighted by Crippen LogP contribution is 2.31. The van der Waals surface area contributed by atoms with E-state index >= 15 is 0 Å². The number of hydrogen-bond acceptors (Lipinski definition) is 3. The Morgan fingerprint density at radius 2 is 1.61 bits per heavy atom. The molecule has 0 saturated heterocycles. The average molecular weight is 378 g/mol. The molecule has 0 aliphatic carbocycles. The molecule has 0 aliphatic rings. The quantitative estimate of drug-likeness (QED) is 0.444. The van der Waals surface area contributed by atoms with E-state index in [1.54, 1.807) is 0 Å². The lowest BCUT2D eigenvalue weighted by Crippen LogP contribution is -2.25. The molecule has 0 aromatic heterocycles. The van der Waals surface area contributed by atoms with Crippen LogP contribution in [0.4, 0.5) is 0 Å². The molecule has 0 amide bonds. The average Bonchev–Trinajstić information content (AvgIpc) is 2.21. The van der Waals surface area contributed by atoms with Crippen molar-refractivity contribution in [2.45, 2.75) is 52.0 Å². The Morgan fingerprint density at radius 3 is 2.06 bits per heavy atom. The van der Waals surface area contributed by atoms with Crippen LogP contribution in [0.2, 0.25) is 0 Å². The number of carbonyl (C=O) groups excluding carboxylic acids is 1. The van der Waals surface area contributed by atoms with E-state index in [1.165, 1.54) is 0 Å². The number of rotatable bonds is 1. The molecule has 0 heterocycles. The van der Waals surface area contributed by atoms with Gasteiger partial charge in [0.2, 0.25) is 0 Å². The molecular formula is C14H19IO2S. The van der Waals surface area contributed by atoms with Crippen LogP contribution in [0.15, 0.2) is 4.90 Å². The van der Waals surface area contributed by atoms with Gasteiger partial charge >= 0.3 is 5.97 Å². The summed E-state index contributed by atoms with van der Waals surface area (Å²) in [6, 6.07) is 0. The van der Waals surface area contributed by atoms with Gasteiger partial charge in [-0.05, 0) is 80.8 Å². The highest BCUT2D eigenvalue weighted by molar-refractivity contribution is 14.1. The fourth-order valence-electron chi connectivity index (χ4n) is 1.81. The van der Waals surface area contributed by atoms with Gasteiger partial charge in [0.1, 0.15) is 5.60 Å². The number of thiol groups is 1. The number of carbonyl (C=O) groups is 1. The molecule has 2 nitrogen and oxygen atoms in total. The van der Waals surface area contributed by atoms with Crippen molar-refractivity contribution in [2.24, 2.45) is 0 Å². The fourth-order valence-corrected chi connectivity index (χ4v) is 2.79. The molecule has 18 heavy (non-hydrogen) atoms. The van der Waals surface area contributed by atoms with E-state index < -0.39 is 5.60 Å². The van der Waals surface area contributed by atoms with Crippen LogP contribution >= 0.6 is 35.2 Å². The minimum absolute atomic E-state index is 0.272. The molecule has 0 N–H and O–H groups in total. The third kappa shape index (κ3) is 3.20. The van der Waals surface area contributed by atoms with Gasteiger partial charge in [-0.15, -0.1) is 12.6 Å². The first kappa shape index (κ1) is 15.8. The fraction of sp³-hybridized carbons (Fsp3) is 0.500. The Morgan fingerprint density at radius 1 is 1.11 bits per heavy atom. The van der Waals surface area contributed by atoms with Crippen molar-refractivity contribution in [3.8, 4) is 0 Å². The first-order chi connectivity index (χ1) is 8.06. The number of esters is 1. The van der Waals surface area contributed by atoms with E-state index in [1.807, 2.05) is 41.5 Å². The number of benzene rings is 1. The second-order valence-electron chi connectivity index (χ2n) is 5.41. The van der Waals surface area contributed by atoms with Gasteiger partial charge in [-0.25, -0.2) is 4.79 Å². The summed E-state index contributed by atoms with van der Waals surface area (Å²) in [5.41, 5.74) is 3.13. The first-order valence-corrected chi connectivity index (χ1v) is 7.30. The van der Waals surface area contributed by atoms with Crippen LogP contribution < -0.4 is 0 Å². The van der Waals surface area contributed by atoms with Gasteiger partial charge in [0, 0.05) is 8.47 Å². The Balaban J connectivity index is 3.38. The lowest BCUT2D eigenvalue weighted by atomic mass is 9.99. The smallest absolute Gasteiger partial charge is 0.339 e. The summed E-state index contributed by atoms with van der Waals surface area (Å²) in [6.07, 6.45) is 0. The van der Waals surface area contributed by atoms with E-state index in [9.17, 15) is 4.79 Å². The highest BCUT2D eigenvalue weighted by Gasteiger charge is 2.24. The summed E-state index contributed by atoms with van der Waals surface area (Å²) in [7, 11) is 0. The van der Waals surface area contributed by atoms with Crippen molar-refractivity contribution in [2.75, 3.05) is 0 Å². The van der Waals surface area contributed by atoms with Crippen LogP contribution in [0, 0.1) is 24.3 Å². The van der Waals surface area contributed by atoms with Crippen molar-refractivity contribution >= 4 is 41.2 Å². The van der Waals surface area contributed by atoms with Crippen LogP contribution in [-0.4, -0.2) is 11.6 Å². The molecule has 1 aromatic carbocycles. The van der Waals surface area contributed by atoms with E-state index in [0.717, 1.165) is 25.2 Å². The van der Waals surface area contributed by atoms with Gasteiger partial charge in [0.25, 0.3) is 0 Å². The Hall–Kier alpha value is -0.230. The molecule has 1 aromatic rings. The molecule has 1 rings (SSSR count). The van der Waals surface area contributed by atoms with Gasteiger partial charge < -0.3 is 4.74 Å². The maximum absolute atomic E-state index is 12.3. The molecule has 0 fully saturated rings. The highest BCUT2D eigenvalue weighted by atomic mass is 127. The van der Waals surface area contributed by atoms with Crippen molar-refractivity contribution in [3.63, 3.8) is 0 Å². The second kappa shape index (κ2) is 5.41. The zero-order valence-electron chi connectivity index (χ0n) is 11.6. The lowest BCUT2D eigenvalue weighted by Gasteiger charge is -2.22. The molecule has 0 saturated carbocycles. The van der Waals surface area contributed by atoms with Crippen LogP contribution in [-0.2, 0) is 4.74 Å². The van der Waals surface area contributed by atoms with Crippen LogP contribution in [0.5, 0.6) is 0 Å². The Bertz CT molecular complexity index is 472. The maximum Gasteiger partial charge on any atom is 0.339 e. The Kier molecular flexibility index (Phi) is 4.76. The normalized spacial score (nSPS) is 11.6. The van der Waals surface area contributed by atoms with Crippen LogP contribution in [0.1, 0.15) is 47.8 Å². The monoisotopic (exact) mass is 378 g/mol. The summed E-state index contributed by atoms with van der Waals surface area (Å²) >= 11 is 6.74. The third-order valence-electron chi connectivity index (χ3n) is 2.72. The summed E-state index contributed by atoms with van der Waals surface area (Å²) in [4.78, 5) is 13.1. The topological polar surface area (TPSA) is 26.3 Å². The molecule has 0 unspecified atom stereocenters. The molecule has 0 atom stereocenters. The van der Waals surface area contributed by atoms with Gasteiger partial charge in [-0.3, -0.25) is 0 Å². The molecule has 0 bridgehead atoms. The van der Waals surface area contributed by atoms with E-state index in [4.69, 9.17) is 4.74 Å². The van der Waals surface area contributed by atoms with Crippen LogP contribution in [0.3, 0.4) is 0 Å². The minimum Gasteiger partial charge on any atom is -0.456 e. The van der Waals surface area contributed by atoms with Gasteiger partial charge in [0.05, 0.1) is 5.56 Å². The molecule has 100 valence electrons. The number of hydrogen-bond donors (Lipinski definition) is 1. The largest absolute Gasteiger partial charge is 0.456 e. The summed E-state index contributed by atoms with van der Waals surface area (Å²) in [5.74, 6) is -0.272. The van der Waals surface area contributed by atoms with Gasteiger partial charge in [-0.2, -0.15) is 0 Å². The van der Waals surface area contributed by atoms with Crippen molar-refractivity contribution in [1.29, 1.82) is 0 Å². The summed E-state index contributed by atoms with van der Waals surface area (Å²) in [6.45, 7) is 11.5. The number of ether oxygens (including phenoxy) is 1. The molecule has 0 aliphatic heterocycles. The van der Waals surface area contributed by atoms with Crippen molar-refractivity contribution in [3.05, 3.63) is 25.8 Å². The number of halogens is 1. The van der Waals surface area contributed by atoms with Gasteiger partial charge in [-0.1, -0.05) is 0 Å². The maximum atomic E-state index is 12.3. The van der Waals surface area contributed by atoms with Crippen molar-refractivity contribution < 1.29 is 9.53 Å².